The number of H-pyrrole nitrogens is 1. The first-order valence-corrected chi connectivity index (χ1v) is 6.36. The van der Waals surface area contributed by atoms with Gasteiger partial charge < -0.3 is 9.72 Å². The fraction of sp³-hybridized carbons (Fsp3) is 0.200. The summed E-state index contributed by atoms with van der Waals surface area (Å²) in [4.78, 5) is 15.1. The molecule has 0 bridgehead atoms. The summed E-state index contributed by atoms with van der Waals surface area (Å²) in [5.41, 5.74) is 2.56. The zero-order valence-corrected chi connectivity index (χ0v) is 11.4. The maximum atomic E-state index is 12.0. The molecule has 2 heterocycles. The van der Waals surface area contributed by atoms with Gasteiger partial charge in [-0.05, 0) is 24.6 Å². The molecule has 102 valence electrons. The summed E-state index contributed by atoms with van der Waals surface area (Å²) in [6.45, 7) is 2.39. The molecular formula is C15H15N3O2. The molecule has 20 heavy (non-hydrogen) atoms. The van der Waals surface area contributed by atoms with Crippen molar-refractivity contribution in [3.63, 3.8) is 0 Å². The van der Waals surface area contributed by atoms with E-state index in [0.717, 1.165) is 17.0 Å². The predicted molar refractivity (Wildman–Crippen MR) is 77.2 cm³/mol. The van der Waals surface area contributed by atoms with Crippen LogP contribution in [0.25, 0.3) is 11.0 Å². The van der Waals surface area contributed by atoms with Crippen molar-refractivity contribution in [3.8, 4) is 5.75 Å². The molecule has 0 aliphatic heterocycles. The highest BCUT2D eigenvalue weighted by Crippen LogP contribution is 2.14. The second kappa shape index (κ2) is 4.85. The Morgan fingerprint density at radius 1 is 1.30 bits per heavy atom. The number of aromatic amines is 1. The molecule has 5 nitrogen and oxygen atoms in total. The molecule has 2 aromatic heterocycles. The molecule has 0 radical (unpaired) electrons. The van der Waals surface area contributed by atoms with E-state index in [0.29, 0.717) is 17.5 Å². The van der Waals surface area contributed by atoms with Crippen molar-refractivity contribution in [2.45, 2.75) is 13.5 Å². The molecule has 1 aromatic carbocycles. The molecule has 0 aliphatic carbocycles. The molecule has 0 saturated heterocycles. The Hall–Kier alpha value is -2.56. The number of fused-ring (bicyclic) bond motifs is 1. The Morgan fingerprint density at radius 2 is 2.05 bits per heavy atom. The smallest absolute Gasteiger partial charge is 0.195 e. The van der Waals surface area contributed by atoms with E-state index in [9.17, 15) is 4.79 Å². The average molecular weight is 269 g/mol. The topological polar surface area (TPSA) is 59.9 Å². The lowest BCUT2D eigenvalue weighted by Gasteiger charge is -2.05. The van der Waals surface area contributed by atoms with E-state index in [2.05, 4.69) is 10.1 Å². The van der Waals surface area contributed by atoms with Crippen LogP contribution in [0.5, 0.6) is 5.75 Å². The van der Waals surface area contributed by atoms with E-state index in [-0.39, 0.29) is 5.43 Å². The molecule has 0 unspecified atom stereocenters. The minimum atomic E-state index is 0.0275. The number of nitrogens with one attached hydrogen (secondary N) is 1. The van der Waals surface area contributed by atoms with Crippen LogP contribution in [-0.4, -0.2) is 21.9 Å². The van der Waals surface area contributed by atoms with E-state index < -0.39 is 0 Å². The number of hydrogen-bond donors (Lipinski definition) is 1. The molecule has 0 amide bonds. The summed E-state index contributed by atoms with van der Waals surface area (Å²) in [5, 5.41) is 4.91. The van der Waals surface area contributed by atoms with Crippen molar-refractivity contribution in [1.29, 1.82) is 0 Å². The molecule has 0 spiro atoms. The first kappa shape index (κ1) is 12.5. The van der Waals surface area contributed by atoms with Crippen molar-refractivity contribution in [2.75, 3.05) is 7.11 Å². The molecule has 0 fully saturated rings. The number of hydrogen-bond acceptors (Lipinski definition) is 3. The van der Waals surface area contributed by atoms with Gasteiger partial charge in [0.05, 0.1) is 25.2 Å². The molecular weight excluding hydrogens is 254 g/mol. The van der Waals surface area contributed by atoms with Crippen molar-refractivity contribution in [1.82, 2.24) is 14.8 Å². The van der Waals surface area contributed by atoms with Gasteiger partial charge in [0.25, 0.3) is 0 Å². The van der Waals surface area contributed by atoms with Gasteiger partial charge in [-0.15, -0.1) is 0 Å². The Morgan fingerprint density at radius 3 is 2.75 bits per heavy atom. The number of aryl methyl sites for hydroxylation is 1. The summed E-state index contributed by atoms with van der Waals surface area (Å²) in [6, 6.07) is 7.79. The van der Waals surface area contributed by atoms with Crippen LogP contribution in [0.15, 0.2) is 41.5 Å². The number of rotatable bonds is 3. The van der Waals surface area contributed by atoms with E-state index in [1.807, 2.05) is 24.3 Å². The van der Waals surface area contributed by atoms with E-state index >= 15 is 0 Å². The normalized spacial score (nSPS) is 10.9. The zero-order chi connectivity index (χ0) is 14.1. The van der Waals surface area contributed by atoms with Crippen LogP contribution in [-0.2, 0) is 6.54 Å². The maximum Gasteiger partial charge on any atom is 0.195 e. The van der Waals surface area contributed by atoms with E-state index in [1.54, 1.807) is 31.1 Å². The number of aromatic nitrogens is 3. The monoisotopic (exact) mass is 269 g/mol. The van der Waals surface area contributed by atoms with E-state index in [1.165, 1.54) is 0 Å². The lowest BCUT2D eigenvalue weighted by atomic mass is 10.2. The first-order chi connectivity index (χ1) is 9.69. The third-order valence-electron chi connectivity index (χ3n) is 3.36. The second-order valence-corrected chi connectivity index (χ2v) is 4.71. The Labute approximate surface area is 115 Å². The third-order valence-corrected chi connectivity index (χ3v) is 3.36. The summed E-state index contributed by atoms with van der Waals surface area (Å²) in [6.07, 6.45) is 3.33. The lowest BCUT2D eigenvalue weighted by Crippen LogP contribution is -2.08. The van der Waals surface area contributed by atoms with E-state index in [4.69, 9.17) is 4.74 Å². The van der Waals surface area contributed by atoms with Crippen molar-refractivity contribution < 1.29 is 4.74 Å². The van der Waals surface area contributed by atoms with Gasteiger partial charge >= 0.3 is 0 Å². The van der Waals surface area contributed by atoms with Crippen LogP contribution < -0.4 is 10.2 Å². The van der Waals surface area contributed by atoms with Crippen molar-refractivity contribution >= 4 is 11.0 Å². The second-order valence-electron chi connectivity index (χ2n) is 4.71. The number of ether oxygens (including phenoxy) is 1. The number of benzene rings is 1. The fourth-order valence-corrected chi connectivity index (χ4v) is 2.18. The molecule has 3 aromatic rings. The van der Waals surface area contributed by atoms with Crippen LogP contribution in [0.4, 0.5) is 0 Å². The lowest BCUT2D eigenvalue weighted by molar-refractivity contribution is 0.414. The molecule has 0 saturated carbocycles. The number of nitrogens with zero attached hydrogens (tertiary/aromatic N) is 2. The van der Waals surface area contributed by atoms with Crippen LogP contribution >= 0.6 is 0 Å². The standard InChI is InChI=1S/C15H15N3O2/c1-10-7-16-15-13(14(10)19)8-17-18(15)9-11-3-5-12(20-2)6-4-11/h3-8H,9H2,1-2H3,(H,16,19). The van der Waals surface area contributed by atoms with Gasteiger partial charge in [0.15, 0.2) is 5.43 Å². The van der Waals surface area contributed by atoms with Crippen LogP contribution in [0.2, 0.25) is 0 Å². The zero-order valence-electron chi connectivity index (χ0n) is 11.4. The van der Waals surface area contributed by atoms with Gasteiger partial charge in [-0.2, -0.15) is 5.10 Å². The van der Waals surface area contributed by atoms with Gasteiger partial charge in [-0.25, -0.2) is 4.68 Å². The first-order valence-electron chi connectivity index (χ1n) is 6.36. The molecule has 0 aliphatic rings. The largest absolute Gasteiger partial charge is 0.497 e. The van der Waals surface area contributed by atoms with Gasteiger partial charge in [0.2, 0.25) is 0 Å². The SMILES string of the molecule is COc1ccc(Cn2ncc3c(=O)c(C)c[nH]c32)cc1. The highest BCUT2D eigenvalue weighted by Gasteiger charge is 2.08. The van der Waals surface area contributed by atoms with Crippen molar-refractivity contribution in [2.24, 2.45) is 0 Å². The molecule has 1 N–H and O–H groups in total. The quantitative estimate of drug-likeness (QED) is 0.792. The highest BCUT2D eigenvalue weighted by atomic mass is 16.5. The summed E-state index contributed by atoms with van der Waals surface area (Å²) in [5.74, 6) is 0.822. The van der Waals surface area contributed by atoms with Gasteiger partial charge in [-0.1, -0.05) is 12.1 Å². The van der Waals surface area contributed by atoms with Crippen LogP contribution in [0.3, 0.4) is 0 Å². The average Bonchev–Trinajstić information content (AvgIpc) is 2.87. The van der Waals surface area contributed by atoms with Crippen LogP contribution in [0.1, 0.15) is 11.1 Å². The number of methoxy groups -OCH3 is 1. The molecule has 0 atom stereocenters. The fourth-order valence-electron chi connectivity index (χ4n) is 2.18. The molecule has 5 heteroatoms. The summed E-state index contributed by atoms with van der Waals surface area (Å²) < 4.78 is 6.92. The van der Waals surface area contributed by atoms with Gasteiger partial charge in [-0.3, -0.25) is 4.79 Å². The third kappa shape index (κ3) is 2.07. The highest BCUT2D eigenvalue weighted by molar-refractivity contribution is 5.74. The Bertz CT molecular complexity index is 800. The summed E-state index contributed by atoms with van der Waals surface area (Å²) in [7, 11) is 1.64. The van der Waals surface area contributed by atoms with Crippen LogP contribution in [0, 0.1) is 6.92 Å². The minimum absolute atomic E-state index is 0.0275. The number of pyridine rings is 1. The van der Waals surface area contributed by atoms with Crippen molar-refractivity contribution in [3.05, 3.63) is 58.0 Å². The van der Waals surface area contributed by atoms with Gasteiger partial charge in [0.1, 0.15) is 11.4 Å². The maximum absolute atomic E-state index is 12.0. The minimum Gasteiger partial charge on any atom is -0.497 e. The summed E-state index contributed by atoms with van der Waals surface area (Å²) >= 11 is 0. The predicted octanol–water partition coefficient (Wildman–Crippen LogP) is 2.09. The Kier molecular flexibility index (Phi) is 3.02. The molecule has 3 rings (SSSR count). The Balaban J connectivity index is 1.98. The van der Waals surface area contributed by atoms with Gasteiger partial charge in [0, 0.05) is 11.8 Å².